The van der Waals surface area contributed by atoms with Crippen molar-refractivity contribution in [2.24, 2.45) is 0 Å². The molecule has 0 spiro atoms. The lowest BCUT2D eigenvalue weighted by atomic mass is 9.92. The Morgan fingerprint density at radius 1 is 1.20 bits per heavy atom. The molecule has 20 heavy (non-hydrogen) atoms. The van der Waals surface area contributed by atoms with Crippen LogP contribution in [-0.4, -0.2) is 5.78 Å². The van der Waals surface area contributed by atoms with E-state index < -0.39 is 5.92 Å². The highest BCUT2D eigenvalue weighted by molar-refractivity contribution is 9.10. The van der Waals surface area contributed by atoms with E-state index in [-0.39, 0.29) is 5.78 Å². The van der Waals surface area contributed by atoms with Crippen molar-refractivity contribution < 1.29 is 4.79 Å². The van der Waals surface area contributed by atoms with Crippen LogP contribution < -0.4 is 0 Å². The quantitative estimate of drug-likeness (QED) is 0.694. The van der Waals surface area contributed by atoms with Gasteiger partial charge in [-0.15, -0.1) is 0 Å². The number of halogens is 3. The summed E-state index contributed by atoms with van der Waals surface area (Å²) >= 11 is 15.3. The van der Waals surface area contributed by atoms with Gasteiger partial charge in [-0.2, -0.15) is 5.26 Å². The summed E-state index contributed by atoms with van der Waals surface area (Å²) in [6, 6.07) is 13.8. The molecule has 0 amide bonds. The SMILES string of the molecule is N#CC(C(=O)c1cccc(Br)c1Cl)c1cccc(Cl)c1. The molecule has 0 heterocycles. The summed E-state index contributed by atoms with van der Waals surface area (Å²) in [5.74, 6) is -1.28. The Balaban J connectivity index is 2.45. The summed E-state index contributed by atoms with van der Waals surface area (Å²) in [7, 11) is 0. The largest absolute Gasteiger partial charge is 0.292 e. The van der Waals surface area contributed by atoms with Gasteiger partial charge in [-0.3, -0.25) is 4.79 Å². The van der Waals surface area contributed by atoms with Gasteiger partial charge in [0.1, 0.15) is 5.92 Å². The first-order valence-corrected chi connectivity index (χ1v) is 7.23. The second-order valence-corrected chi connectivity index (χ2v) is 5.75. The van der Waals surface area contributed by atoms with Crippen LogP contribution in [0.15, 0.2) is 46.9 Å². The van der Waals surface area contributed by atoms with Gasteiger partial charge >= 0.3 is 0 Å². The van der Waals surface area contributed by atoms with Crippen molar-refractivity contribution in [3.05, 3.63) is 68.1 Å². The molecular formula is C15H8BrCl2NO. The lowest BCUT2D eigenvalue weighted by Crippen LogP contribution is -2.12. The van der Waals surface area contributed by atoms with Crippen LogP contribution in [0.5, 0.6) is 0 Å². The minimum atomic E-state index is -0.930. The maximum Gasteiger partial charge on any atom is 0.185 e. The maximum atomic E-state index is 12.5. The Morgan fingerprint density at radius 3 is 2.55 bits per heavy atom. The first-order valence-electron chi connectivity index (χ1n) is 5.68. The second kappa shape index (κ2) is 6.41. The van der Waals surface area contributed by atoms with E-state index in [1.54, 1.807) is 42.5 Å². The number of carbonyl (C=O) groups excluding carboxylic acids is 1. The molecule has 2 rings (SSSR count). The number of ketones is 1. The molecule has 0 aliphatic carbocycles. The minimum Gasteiger partial charge on any atom is -0.292 e. The van der Waals surface area contributed by atoms with Crippen molar-refractivity contribution >= 4 is 44.9 Å². The summed E-state index contributed by atoms with van der Waals surface area (Å²) in [4.78, 5) is 12.5. The molecule has 5 heteroatoms. The van der Waals surface area contributed by atoms with E-state index in [2.05, 4.69) is 15.9 Å². The number of Topliss-reactive ketones (excluding diaryl/α,β-unsaturated/α-hetero) is 1. The van der Waals surface area contributed by atoms with Gasteiger partial charge in [0.15, 0.2) is 5.78 Å². The number of hydrogen-bond donors (Lipinski definition) is 0. The molecule has 0 bridgehead atoms. The Hall–Kier alpha value is -1.34. The topological polar surface area (TPSA) is 40.9 Å². The van der Waals surface area contributed by atoms with Crippen LogP contribution in [0, 0.1) is 11.3 Å². The molecule has 0 fully saturated rings. The smallest absolute Gasteiger partial charge is 0.185 e. The van der Waals surface area contributed by atoms with Crippen LogP contribution in [0.3, 0.4) is 0 Å². The fraction of sp³-hybridized carbons (Fsp3) is 0.0667. The fourth-order valence-corrected chi connectivity index (χ4v) is 2.60. The normalized spacial score (nSPS) is 11.7. The van der Waals surface area contributed by atoms with E-state index in [1.807, 2.05) is 6.07 Å². The number of benzene rings is 2. The van der Waals surface area contributed by atoms with Gasteiger partial charge in [0, 0.05) is 15.1 Å². The average Bonchev–Trinajstić information content (AvgIpc) is 2.42. The van der Waals surface area contributed by atoms with Crippen LogP contribution >= 0.6 is 39.1 Å². The Morgan fingerprint density at radius 2 is 1.90 bits per heavy atom. The zero-order valence-electron chi connectivity index (χ0n) is 10.1. The van der Waals surface area contributed by atoms with Crippen molar-refractivity contribution in [1.82, 2.24) is 0 Å². The Kier molecular flexibility index (Phi) is 4.82. The van der Waals surface area contributed by atoms with E-state index in [0.717, 1.165) is 0 Å². The molecule has 100 valence electrons. The predicted octanol–water partition coefficient (Wildman–Crippen LogP) is 5.25. The molecule has 1 atom stereocenters. The standard InChI is InChI=1S/C15H8BrCl2NO/c16-13-6-2-5-11(14(13)18)15(20)12(8-19)9-3-1-4-10(17)7-9/h1-7,12H. The predicted molar refractivity (Wildman–Crippen MR) is 83.3 cm³/mol. The summed E-state index contributed by atoms with van der Waals surface area (Å²) < 4.78 is 0.618. The lowest BCUT2D eigenvalue weighted by molar-refractivity contribution is 0.0979. The molecule has 2 nitrogen and oxygen atoms in total. The number of carbonyl (C=O) groups is 1. The zero-order chi connectivity index (χ0) is 14.7. The average molecular weight is 369 g/mol. The molecule has 0 saturated heterocycles. The highest BCUT2D eigenvalue weighted by Crippen LogP contribution is 2.30. The van der Waals surface area contributed by atoms with E-state index >= 15 is 0 Å². The molecule has 2 aromatic carbocycles. The summed E-state index contributed by atoms with van der Waals surface area (Å²) in [6.45, 7) is 0. The van der Waals surface area contributed by atoms with Gasteiger partial charge in [-0.05, 0) is 45.8 Å². The molecule has 0 N–H and O–H groups in total. The van der Waals surface area contributed by atoms with Crippen LogP contribution in [0.25, 0.3) is 0 Å². The Labute approximate surface area is 135 Å². The molecule has 1 unspecified atom stereocenters. The second-order valence-electron chi connectivity index (χ2n) is 4.08. The highest BCUT2D eigenvalue weighted by atomic mass is 79.9. The fourth-order valence-electron chi connectivity index (χ4n) is 1.82. The van der Waals surface area contributed by atoms with Crippen molar-refractivity contribution in [2.45, 2.75) is 5.92 Å². The van der Waals surface area contributed by atoms with Crippen LogP contribution in [0.2, 0.25) is 10.0 Å². The van der Waals surface area contributed by atoms with Crippen LogP contribution in [0.4, 0.5) is 0 Å². The third-order valence-electron chi connectivity index (χ3n) is 2.79. The van der Waals surface area contributed by atoms with Gasteiger partial charge in [0.25, 0.3) is 0 Å². The van der Waals surface area contributed by atoms with Crippen LogP contribution in [-0.2, 0) is 0 Å². The third-order valence-corrected chi connectivity index (χ3v) is 4.32. The number of nitrogens with zero attached hydrogens (tertiary/aromatic N) is 1. The van der Waals surface area contributed by atoms with Gasteiger partial charge in [0.05, 0.1) is 11.1 Å². The van der Waals surface area contributed by atoms with Crippen molar-refractivity contribution in [2.75, 3.05) is 0 Å². The first kappa shape index (κ1) is 15.1. The van der Waals surface area contributed by atoms with Gasteiger partial charge in [0.2, 0.25) is 0 Å². The monoisotopic (exact) mass is 367 g/mol. The van der Waals surface area contributed by atoms with Gasteiger partial charge < -0.3 is 0 Å². The van der Waals surface area contributed by atoms with E-state index in [1.165, 1.54) is 0 Å². The zero-order valence-corrected chi connectivity index (χ0v) is 13.2. The van der Waals surface area contributed by atoms with Crippen molar-refractivity contribution in [3.63, 3.8) is 0 Å². The maximum absolute atomic E-state index is 12.5. The minimum absolute atomic E-state index is 0.305. The molecule has 0 saturated carbocycles. The number of hydrogen-bond acceptors (Lipinski definition) is 2. The summed E-state index contributed by atoms with van der Waals surface area (Å²) in [5, 5.41) is 10.1. The van der Waals surface area contributed by atoms with E-state index in [4.69, 9.17) is 23.2 Å². The molecule has 0 aromatic heterocycles. The van der Waals surface area contributed by atoms with Gasteiger partial charge in [-0.1, -0.05) is 41.4 Å². The molecule has 2 aromatic rings. The molecule has 0 radical (unpaired) electrons. The van der Waals surface area contributed by atoms with Crippen molar-refractivity contribution in [3.8, 4) is 6.07 Å². The van der Waals surface area contributed by atoms with Gasteiger partial charge in [-0.25, -0.2) is 0 Å². The van der Waals surface area contributed by atoms with E-state index in [9.17, 15) is 10.1 Å². The lowest BCUT2D eigenvalue weighted by Gasteiger charge is -2.11. The number of rotatable bonds is 3. The van der Waals surface area contributed by atoms with E-state index in [0.29, 0.717) is 25.6 Å². The highest BCUT2D eigenvalue weighted by Gasteiger charge is 2.24. The first-order chi connectivity index (χ1) is 9.54. The molecule has 0 aliphatic rings. The van der Waals surface area contributed by atoms with Crippen molar-refractivity contribution in [1.29, 1.82) is 5.26 Å². The summed E-state index contributed by atoms with van der Waals surface area (Å²) in [6.07, 6.45) is 0. The van der Waals surface area contributed by atoms with Crippen LogP contribution in [0.1, 0.15) is 21.8 Å². The third kappa shape index (κ3) is 3.04. The number of nitriles is 1. The Bertz CT molecular complexity index is 709. The molecular weight excluding hydrogens is 361 g/mol. The summed E-state index contributed by atoms with van der Waals surface area (Å²) in [5.41, 5.74) is 0.869. The molecule has 0 aliphatic heterocycles.